The molecule has 6 rings (SSSR count). The van der Waals surface area contributed by atoms with Crippen LogP contribution in [0.15, 0.2) is 16.9 Å². The zero-order valence-electron chi connectivity index (χ0n) is 17.7. The lowest BCUT2D eigenvalue weighted by molar-refractivity contribution is -0.135. The SMILES string of the molecule is Cl.O=C1CCC(n2c(=O)n3c4c5c(ccc42)CCC2(CCNCC2)C(=O)N5CC3)C(=O)N1. The predicted octanol–water partition coefficient (Wildman–Crippen LogP) is 0.865. The highest BCUT2D eigenvalue weighted by atomic mass is 35.5. The molecule has 4 aliphatic rings. The van der Waals surface area contributed by atoms with Crippen molar-refractivity contribution < 1.29 is 14.4 Å². The molecule has 0 saturated carbocycles. The van der Waals surface area contributed by atoms with Crippen LogP contribution in [0.4, 0.5) is 5.69 Å². The molecule has 170 valence electrons. The maximum Gasteiger partial charge on any atom is 0.329 e. The molecule has 0 bridgehead atoms. The Morgan fingerprint density at radius 2 is 1.75 bits per heavy atom. The maximum atomic E-state index is 13.8. The average Bonchev–Trinajstić information content (AvgIpc) is 3.00. The molecule has 1 aromatic carbocycles. The van der Waals surface area contributed by atoms with Crippen molar-refractivity contribution in [1.82, 2.24) is 19.8 Å². The van der Waals surface area contributed by atoms with Crippen molar-refractivity contribution in [2.24, 2.45) is 5.41 Å². The first-order valence-corrected chi connectivity index (χ1v) is 11.1. The number of aromatic nitrogens is 2. The number of aryl methyl sites for hydroxylation is 1. The standard InChI is InChI=1S/C22H25N5O4.ClH/c28-16-4-3-15(19(29)24-16)27-14-2-1-13-5-6-22(7-9-23-10-8-22)20(30)25-11-12-26(21(27)31)18(14)17(13)25;/h1-2,15,23H,3-12H2,(H,24,28,29);1H. The Hall–Kier alpha value is -2.65. The Morgan fingerprint density at radius 1 is 0.969 bits per heavy atom. The fraction of sp³-hybridized carbons (Fsp3) is 0.545. The molecule has 1 spiro atoms. The van der Waals surface area contributed by atoms with Crippen LogP contribution >= 0.6 is 12.4 Å². The first-order chi connectivity index (χ1) is 15.0. The number of hydrogen-bond donors (Lipinski definition) is 2. The molecular weight excluding hydrogens is 434 g/mol. The van der Waals surface area contributed by atoms with E-state index in [0.717, 1.165) is 55.5 Å². The number of amides is 3. The number of hydrogen-bond acceptors (Lipinski definition) is 5. The van der Waals surface area contributed by atoms with Gasteiger partial charge in [0.1, 0.15) is 6.04 Å². The number of imide groups is 1. The number of piperidine rings is 2. The Labute approximate surface area is 190 Å². The number of benzene rings is 1. The number of halogens is 1. The Kier molecular flexibility index (Phi) is 4.94. The molecule has 2 aromatic rings. The molecule has 0 radical (unpaired) electrons. The Balaban J connectivity index is 0.00000216. The Bertz CT molecular complexity index is 1210. The molecule has 3 amide bonds. The second-order valence-corrected chi connectivity index (χ2v) is 9.20. The summed E-state index contributed by atoms with van der Waals surface area (Å²) in [6.45, 7) is 2.57. The van der Waals surface area contributed by atoms with Gasteiger partial charge in [0.2, 0.25) is 17.7 Å². The van der Waals surface area contributed by atoms with Crippen molar-refractivity contribution >= 4 is 46.8 Å². The van der Waals surface area contributed by atoms with Gasteiger partial charge in [0.15, 0.2) is 0 Å². The lowest BCUT2D eigenvalue weighted by Crippen LogP contribution is -2.50. The Morgan fingerprint density at radius 3 is 2.50 bits per heavy atom. The van der Waals surface area contributed by atoms with Gasteiger partial charge in [-0.25, -0.2) is 4.79 Å². The van der Waals surface area contributed by atoms with Crippen LogP contribution in [0, 0.1) is 5.41 Å². The van der Waals surface area contributed by atoms with E-state index in [2.05, 4.69) is 10.6 Å². The molecule has 4 aliphatic heterocycles. The van der Waals surface area contributed by atoms with Gasteiger partial charge in [-0.2, -0.15) is 0 Å². The van der Waals surface area contributed by atoms with Crippen LogP contribution in [0.3, 0.4) is 0 Å². The molecule has 2 saturated heterocycles. The smallest absolute Gasteiger partial charge is 0.317 e. The van der Waals surface area contributed by atoms with E-state index in [-0.39, 0.29) is 41.7 Å². The molecule has 1 atom stereocenters. The van der Waals surface area contributed by atoms with Gasteiger partial charge in [0, 0.05) is 19.5 Å². The summed E-state index contributed by atoms with van der Waals surface area (Å²) in [7, 11) is 0. The van der Waals surface area contributed by atoms with Gasteiger partial charge in [-0.15, -0.1) is 12.4 Å². The van der Waals surface area contributed by atoms with Gasteiger partial charge in [0.05, 0.1) is 22.1 Å². The van der Waals surface area contributed by atoms with Crippen LogP contribution in [0.2, 0.25) is 0 Å². The van der Waals surface area contributed by atoms with Crippen LogP contribution in [0.5, 0.6) is 0 Å². The third-order valence-corrected chi connectivity index (χ3v) is 7.65. The minimum Gasteiger partial charge on any atom is -0.317 e. The van der Waals surface area contributed by atoms with Gasteiger partial charge in [-0.1, -0.05) is 6.07 Å². The highest BCUT2D eigenvalue weighted by molar-refractivity contribution is 6.07. The second kappa shape index (κ2) is 7.45. The zero-order valence-corrected chi connectivity index (χ0v) is 18.5. The van der Waals surface area contributed by atoms with Crippen molar-refractivity contribution in [2.75, 3.05) is 24.5 Å². The molecule has 9 nitrogen and oxygen atoms in total. The van der Waals surface area contributed by atoms with Crippen LogP contribution in [0.1, 0.15) is 43.7 Å². The normalized spacial score (nSPS) is 24.3. The van der Waals surface area contributed by atoms with E-state index in [4.69, 9.17) is 0 Å². The van der Waals surface area contributed by atoms with Gasteiger partial charge in [0.25, 0.3) is 0 Å². The number of imidazole rings is 1. The third-order valence-electron chi connectivity index (χ3n) is 7.65. The largest absolute Gasteiger partial charge is 0.329 e. The van der Waals surface area contributed by atoms with Gasteiger partial charge in [-0.05, 0) is 56.8 Å². The van der Waals surface area contributed by atoms with Crippen LogP contribution in [-0.2, 0) is 27.3 Å². The molecule has 0 aliphatic carbocycles. The number of carbonyl (C=O) groups excluding carboxylic acids is 3. The fourth-order valence-electron chi connectivity index (χ4n) is 5.99. The topological polar surface area (TPSA) is 105 Å². The zero-order chi connectivity index (χ0) is 21.3. The fourth-order valence-corrected chi connectivity index (χ4v) is 5.99. The second-order valence-electron chi connectivity index (χ2n) is 9.20. The number of anilines is 1. The molecule has 10 heteroatoms. The molecule has 32 heavy (non-hydrogen) atoms. The number of carbonyl (C=O) groups is 3. The van der Waals surface area contributed by atoms with E-state index in [0.29, 0.717) is 25.0 Å². The molecule has 2 N–H and O–H groups in total. The van der Waals surface area contributed by atoms with Crippen LogP contribution in [-0.4, -0.2) is 46.5 Å². The first-order valence-electron chi connectivity index (χ1n) is 11.1. The summed E-state index contributed by atoms with van der Waals surface area (Å²) in [5.41, 5.74) is 2.75. The molecule has 5 heterocycles. The van der Waals surface area contributed by atoms with Crippen molar-refractivity contribution in [2.45, 2.75) is 51.1 Å². The van der Waals surface area contributed by atoms with Gasteiger partial charge in [-0.3, -0.25) is 28.8 Å². The minimum absolute atomic E-state index is 0. The van der Waals surface area contributed by atoms with E-state index in [1.165, 1.54) is 4.57 Å². The summed E-state index contributed by atoms with van der Waals surface area (Å²) in [5.74, 6) is -0.568. The summed E-state index contributed by atoms with van der Waals surface area (Å²) >= 11 is 0. The van der Waals surface area contributed by atoms with Crippen molar-refractivity contribution in [1.29, 1.82) is 0 Å². The van der Waals surface area contributed by atoms with E-state index in [1.807, 2.05) is 17.0 Å². The summed E-state index contributed by atoms with van der Waals surface area (Å²) < 4.78 is 3.23. The summed E-state index contributed by atoms with van der Waals surface area (Å²) in [4.78, 5) is 53.2. The molecule has 1 unspecified atom stereocenters. The van der Waals surface area contributed by atoms with E-state index in [9.17, 15) is 19.2 Å². The maximum absolute atomic E-state index is 13.8. The van der Waals surface area contributed by atoms with E-state index >= 15 is 0 Å². The summed E-state index contributed by atoms with van der Waals surface area (Å²) in [6.07, 6.45) is 3.81. The average molecular weight is 460 g/mol. The van der Waals surface area contributed by atoms with Gasteiger partial charge >= 0.3 is 5.69 Å². The number of rotatable bonds is 1. The van der Waals surface area contributed by atoms with Crippen LogP contribution in [0.25, 0.3) is 11.0 Å². The van der Waals surface area contributed by atoms with Crippen LogP contribution < -0.4 is 21.2 Å². The molecule has 1 aromatic heterocycles. The lowest BCUT2D eigenvalue weighted by Gasteiger charge is -2.39. The van der Waals surface area contributed by atoms with Crippen molar-refractivity contribution in [3.8, 4) is 0 Å². The van der Waals surface area contributed by atoms with Gasteiger partial charge < -0.3 is 10.2 Å². The highest BCUT2D eigenvalue weighted by Crippen LogP contribution is 2.45. The van der Waals surface area contributed by atoms with Crippen molar-refractivity contribution in [3.05, 3.63) is 28.2 Å². The number of nitrogens with zero attached hydrogens (tertiary/aromatic N) is 3. The van der Waals surface area contributed by atoms with E-state index in [1.54, 1.807) is 4.57 Å². The molecular formula is C22H26ClN5O4. The molecule has 2 fully saturated rings. The summed E-state index contributed by atoms with van der Waals surface area (Å²) in [5, 5.41) is 5.72. The summed E-state index contributed by atoms with van der Waals surface area (Å²) in [6, 6.07) is 3.20. The van der Waals surface area contributed by atoms with E-state index < -0.39 is 11.9 Å². The third kappa shape index (κ3) is 2.80. The predicted molar refractivity (Wildman–Crippen MR) is 120 cm³/mol. The monoisotopic (exact) mass is 459 g/mol. The first kappa shape index (κ1) is 21.2. The van der Waals surface area contributed by atoms with Crippen molar-refractivity contribution in [3.63, 3.8) is 0 Å². The lowest BCUT2D eigenvalue weighted by atomic mass is 9.74. The quantitative estimate of drug-likeness (QED) is 0.615. The minimum atomic E-state index is -0.712. The number of nitrogens with one attached hydrogen (secondary N) is 2. The highest BCUT2D eigenvalue weighted by Gasteiger charge is 2.46.